The van der Waals surface area contributed by atoms with Crippen LogP contribution in [0.4, 0.5) is 4.79 Å². The molecule has 1 heterocycles. The van der Waals surface area contributed by atoms with Crippen molar-refractivity contribution in [3.8, 4) is 0 Å². The number of rotatable bonds is 3. The zero-order valence-electron chi connectivity index (χ0n) is 10.0. The Bertz CT molecular complexity index is 368. The summed E-state index contributed by atoms with van der Waals surface area (Å²) in [6, 6.07) is -0.546. The molecular weight excluding hydrogens is 246 g/mol. The molecule has 0 aliphatic carbocycles. The molecule has 1 rings (SSSR count). The predicted octanol–water partition coefficient (Wildman–Crippen LogP) is -0.211. The molecule has 0 saturated carbocycles. The summed E-state index contributed by atoms with van der Waals surface area (Å²) in [4.78, 5) is 11.0. The van der Waals surface area contributed by atoms with Gasteiger partial charge >= 0.3 is 16.3 Å². The van der Waals surface area contributed by atoms with Crippen LogP contribution >= 0.6 is 0 Å². The van der Waals surface area contributed by atoms with Crippen LogP contribution in [0.3, 0.4) is 0 Å². The van der Waals surface area contributed by atoms with Crippen LogP contribution in [0.1, 0.15) is 26.2 Å². The number of hydrogen-bond acceptors (Lipinski definition) is 5. The van der Waals surface area contributed by atoms with Gasteiger partial charge < -0.3 is 10.5 Å². The van der Waals surface area contributed by atoms with E-state index in [1.165, 1.54) is 4.31 Å². The lowest BCUT2D eigenvalue weighted by molar-refractivity contribution is 0.174. The Labute approximate surface area is 101 Å². The fourth-order valence-electron chi connectivity index (χ4n) is 1.96. The second-order valence-corrected chi connectivity index (χ2v) is 5.75. The van der Waals surface area contributed by atoms with E-state index >= 15 is 0 Å². The van der Waals surface area contributed by atoms with Gasteiger partial charge in [-0.3, -0.25) is 0 Å². The summed E-state index contributed by atoms with van der Waals surface area (Å²) in [6.07, 6.45) is 1.43. The SMILES string of the molecule is COC(=O)NS(=O)(=O)N1CCCCC1C(C)N. The summed E-state index contributed by atoms with van der Waals surface area (Å²) in [7, 11) is -2.74. The number of methoxy groups -OCH3 is 1. The molecule has 0 spiro atoms. The van der Waals surface area contributed by atoms with Gasteiger partial charge in [-0.05, 0) is 19.8 Å². The molecule has 1 saturated heterocycles. The summed E-state index contributed by atoms with van der Waals surface area (Å²) >= 11 is 0. The van der Waals surface area contributed by atoms with Gasteiger partial charge in [-0.25, -0.2) is 9.52 Å². The van der Waals surface area contributed by atoms with Crippen LogP contribution in [-0.4, -0.2) is 44.6 Å². The molecule has 0 aromatic heterocycles. The molecule has 17 heavy (non-hydrogen) atoms. The first-order valence-electron chi connectivity index (χ1n) is 5.51. The topological polar surface area (TPSA) is 102 Å². The Morgan fingerprint density at radius 2 is 2.18 bits per heavy atom. The predicted molar refractivity (Wildman–Crippen MR) is 62.5 cm³/mol. The summed E-state index contributed by atoms with van der Waals surface area (Å²) < 4.78 is 31.2. The molecule has 0 bridgehead atoms. The van der Waals surface area contributed by atoms with Crippen molar-refractivity contribution < 1.29 is 17.9 Å². The van der Waals surface area contributed by atoms with Crippen LogP contribution in [-0.2, 0) is 14.9 Å². The number of nitrogens with zero attached hydrogens (tertiary/aromatic N) is 1. The lowest BCUT2D eigenvalue weighted by Crippen LogP contribution is -2.55. The molecule has 2 unspecified atom stereocenters. The molecule has 3 N–H and O–H groups in total. The van der Waals surface area contributed by atoms with Crippen molar-refractivity contribution in [1.82, 2.24) is 9.03 Å². The molecule has 0 radical (unpaired) electrons. The van der Waals surface area contributed by atoms with Gasteiger partial charge in [-0.1, -0.05) is 6.42 Å². The third-order valence-electron chi connectivity index (χ3n) is 2.81. The number of ether oxygens (including phenoxy) is 1. The molecule has 0 aromatic rings. The highest BCUT2D eigenvalue weighted by molar-refractivity contribution is 7.87. The molecular formula is C9H19N3O4S. The van der Waals surface area contributed by atoms with Gasteiger partial charge in [0.1, 0.15) is 0 Å². The minimum Gasteiger partial charge on any atom is -0.452 e. The molecule has 7 nitrogen and oxygen atoms in total. The van der Waals surface area contributed by atoms with Gasteiger partial charge in [0.2, 0.25) is 0 Å². The van der Waals surface area contributed by atoms with Crippen LogP contribution in [0.15, 0.2) is 0 Å². The average Bonchev–Trinajstić information content (AvgIpc) is 2.28. The lowest BCUT2D eigenvalue weighted by atomic mass is 10.00. The Kier molecular flexibility index (Phi) is 4.72. The second kappa shape index (κ2) is 5.65. The number of nitrogens with two attached hydrogens (primary N) is 1. The molecule has 1 aliphatic heterocycles. The third-order valence-corrected chi connectivity index (χ3v) is 4.31. The smallest absolute Gasteiger partial charge is 0.421 e. The first-order valence-corrected chi connectivity index (χ1v) is 6.95. The van der Waals surface area contributed by atoms with E-state index in [2.05, 4.69) is 4.74 Å². The monoisotopic (exact) mass is 265 g/mol. The summed E-state index contributed by atoms with van der Waals surface area (Å²) in [5.41, 5.74) is 5.77. The van der Waals surface area contributed by atoms with Crippen LogP contribution < -0.4 is 10.5 Å². The second-order valence-electron chi connectivity index (χ2n) is 4.13. The fraction of sp³-hybridized carbons (Fsp3) is 0.889. The molecule has 1 aliphatic rings. The summed E-state index contributed by atoms with van der Waals surface area (Å²) in [5.74, 6) is 0. The Morgan fingerprint density at radius 3 is 2.71 bits per heavy atom. The van der Waals surface area contributed by atoms with E-state index in [-0.39, 0.29) is 12.1 Å². The van der Waals surface area contributed by atoms with Crippen molar-refractivity contribution in [2.24, 2.45) is 5.73 Å². The van der Waals surface area contributed by atoms with Crippen molar-refractivity contribution in [2.75, 3.05) is 13.7 Å². The molecule has 1 amide bonds. The van der Waals surface area contributed by atoms with Crippen molar-refractivity contribution >= 4 is 16.3 Å². The van der Waals surface area contributed by atoms with Crippen molar-refractivity contribution in [1.29, 1.82) is 0 Å². The van der Waals surface area contributed by atoms with E-state index in [0.717, 1.165) is 20.0 Å². The minimum atomic E-state index is -3.86. The van der Waals surface area contributed by atoms with Gasteiger partial charge in [0.25, 0.3) is 0 Å². The van der Waals surface area contributed by atoms with Crippen molar-refractivity contribution in [2.45, 2.75) is 38.3 Å². The Balaban J connectivity index is 2.83. The Hall–Kier alpha value is -0.860. The number of amides is 1. The normalized spacial score (nSPS) is 24.1. The van der Waals surface area contributed by atoms with Gasteiger partial charge in [-0.15, -0.1) is 0 Å². The Morgan fingerprint density at radius 1 is 1.53 bits per heavy atom. The standard InChI is InChI=1S/C9H19N3O4S/c1-7(10)8-5-3-4-6-12(8)17(14,15)11-9(13)16-2/h7-8H,3-6,10H2,1-2H3,(H,11,13). The van der Waals surface area contributed by atoms with Crippen LogP contribution in [0.2, 0.25) is 0 Å². The quantitative estimate of drug-likeness (QED) is 0.735. The largest absolute Gasteiger partial charge is 0.452 e. The van der Waals surface area contributed by atoms with E-state index in [0.29, 0.717) is 13.0 Å². The molecule has 2 atom stereocenters. The lowest BCUT2D eigenvalue weighted by Gasteiger charge is -2.36. The molecule has 0 aromatic carbocycles. The number of carbonyl (C=O) groups is 1. The minimum absolute atomic E-state index is 0.272. The number of piperidine rings is 1. The molecule has 8 heteroatoms. The van der Waals surface area contributed by atoms with Crippen molar-refractivity contribution in [3.63, 3.8) is 0 Å². The van der Waals surface area contributed by atoms with Gasteiger partial charge in [0.15, 0.2) is 0 Å². The zero-order chi connectivity index (χ0) is 13.1. The number of carbonyl (C=O) groups excluding carboxylic acids is 1. The van der Waals surface area contributed by atoms with E-state index in [1.807, 2.05) is 4.72 Å². The molecule has 100 valence electrons. The van der Waals surface area contributed by atoms with Gasteiger partial charge in [-0.2, -0.15) is 12.7 Å². The zero-order valence-corrected chi connectivity index (χ0v) is 10.9. The maximum atomic E-state index is 11.9. The van der Waals surface area contributed by atoms with E-state index in [9.17, 15) is 13.2 Å². The van der Waals surface area contributed by atoms with Crippen LogP contribution in [0, 0.1) is 0 Å². The molecule has 1 fully saturated rings. The maximum absolute atomic E-state index is 11.9. The van der Waals surface area contributed by atoms with E-state index < -0.39 is 16.3 Å². The van der Waals surface area contributed by atoms with Crippen molar-refractivity contribution in [3.05, 3.63) is 0 Å². The van der Waals surface area contributed by atoms with Gasteiger partial charge in [0, 0.05) is 18.6 Å². The number of hydrogen-bond donors (Lipinski definition) is 2. The number of nitrogens with one attached hydrogen (secondary N) is 1. The van der Waals surface area contributed by atoms with Crippen LogP contribution in [0.25, 0.3) is 0 Å². The highest BCUT2D eigenvalue weighted by atomic mass is 32.2. The van der Waals surface area contributed by atoms with E-state index in [4.69, 9.17) is 5.73 Å². The average molecular weight is 265 g/mol. The highest BCUT2D eigenvalue weighted by Gasteiger charge is 2.35. The summed E-state index contributed by atoms with van der Waals surface area (Å²) in [5, 5.41) is 0. The highest BCUT2D eigenvalue weighted by Crippen LogP contribution is 2.21. The first kappa shape index (κ1) is 14.2. The van der Waals surface area contributed by atoms with Gasteiger partial charge in [0.05, 0.1) is 7.11 Å². The first-order chi connectivity index (χ1) is 7.88. The van der Waals surface area contributed by atoms with E-state index in [1.54, 1.807) is 6.92 Å². The van der Waals surface area contributed by atoms with Crippen LogP contribution in [0.5, 0.6) is 0 Å². The summed E-state index contributed by atoms with van der Waals surface area (Å²) in [6.45, 7) is 2.13. The maximum Gasteiger partial charge on any atom is 0.421 e. The third kappa shape index (κ3) is 3.55. The fourth-order valence-corrected chi connectivity index (χ4v) is 3.39.